The van der Waals surface area contributed by atoms with Crippen molar-refractivity contribution in [3.05, 3.63) is 121 Å². The van der Waals surface area contributed by atoms with E-state index in [1.54, 1.807) is 0 Å². The van der Waals surface area contributed by atoms with Gasteiger partial charge in [-0.05, 0) is 59.3 Å². The number of nitrogens with zero attached hydrogens (tertiary/aromatic N) is 2. The Morgan fingerprint density at radius 2 is 1.21 bits per heavy atom. The van der Waals surface area contributed by atoms with E-state index < -0.39 is 0 Å². The lowest BCUT2D eigenvalue weighted by molar-refractivity contribution is 1.28. The number of aromatic nitrogens is 1. The van der Waals surface area contributed by atoms with Crippen molar-refractivity contribution in [2.24, 2.45) is 0 Å². The molecule has 0 saturated heterocycles. The number of anilines is 3. The van der Waals surface area contributed by atoms with Gasteiger partial charge in [-0.2, -0.15) is 0 Å². The first kappa shape index (κ1) is 17.2. The minimum atomic E-state index is 0.973. The van der Waals surface area contributed by atoms with Crippen molar-refractivity contribution in [2.75, 3.05) is 4.90 Å². The summed E-state index contributed by atoms with van der Waals surface area (Å²) >= 11 is 0. The second-order valence-corrected chi connectivity index (χ2v) is 6.97. The number of rotatable bonds is 4. The van der Waals surface area contributed by atoms with Crippen LogP contribution in [0.25, 0.3) is 22.0 Å². The molecule has 0 N–H and O–H groups in total. The molecule has 2 heteroatoms. The van der Waals surface area contributed by atoms with E-state index in [4.69, 9.17) is 0 Å². The summed E-state index contributed by atoms with van der Waals surface area (Å²) in [5.74, 6) is 0. The summed E-state index contributed by atoms with van der Waals surface area (Å²) in [5.41, 5.74) is 5.44. The summed E-state index contributed by atoms with van der Waals surface area (Å²) in [6.45, 7) is 0. The van der Waals surface area contributed by atoms with Crippen LogP contribution in [0.5, 0.6) is 0 Å². The smallest absolute Gasteiger partial charge is 0.0702 e. The third-order valence-corrected chi connectivity index (χ3v) is 5.07. The Hall–Kier alpha value is -3.91. The molecule has 5 rings (SSSR count). The molecule has 0 saturated carbocycles. The second kappa shape index (κ2) is 7.61. The average molecular weight is 372 g/mol. The van der Waals surface area contributed by atoms with Gasteiger partial charge in [0.2, 0.25) is 0 Å². The third kappa shape index (κ3) is 3.48. The predicted molar refractivity (Wildman–Crippen MR) is 122 cm³/mol. The fourth-order valence-corrected chi connectivity index (χ4v) is 3.68. The van der Waals surface area contributed by atoms with Gasteiger partial charge in [0.05, 0.1) is 5.69 Å². The van der Waals surface area contributed by atoms with Gasteiger partial charge in [-0.25, -0.2) is 0 Å². The van der Waals surface area contributed by atoms with E-state index in [9.17, 15) is 0 Å². The summed E-state index contributed by atoms with van der Waals surface area (Å²) in [7, 11) is 0. The van der Waals surface area contributed by atoms with Crippen LogP contribution in [0.3, 0.4) is 0 Å². The molecule has 29 heavy (non-hydrogen) atoms. The van der Waals surface area contributed by atoms with Crippen LogP contribution < -0.4 is 4.90 Å². The first-order chi connectivity index (χ1) is 14.4. The van der Waals surface area contributed by atoms with Crippen LogP contribution in [0.2, 0.25) is 0 Å². The molecule has 0 spiro atoms. The highest BCUT2D eigenvalue weighted by atomic mass is 15.1. The molecule has 0 unspecified atom stereocenters. The molecule has 0 radical (unpaired) electrons. The fourth-order valence-electron chi connectivity index (χ4n) is 3.68. The maximum absolute atomic E-state index is 4.52. The number of hydrogen-bond acceptors (Lipinski definition) is 2. The molecule has 0 aliphatic carbocycles. The van der Waals surface area contributed by atoms with Gasteiger partial charge in [-0.1, -0.05) is 66.7 Å². The van der Waals surface area contributed by atoms with Crippen LogP contribution >= 0.6 is 0 Å². The molecule has 0 amide bonds. The SMILES string of the molecule is c1ccc(N(c2cccc(-c3ccccn3)c2)c2ccc3ccccc3c2)cc1. The van der Waals surface area contributed by atoms with Gasteiger partial charge >= 0.3 is 0 Å². The second-order valence-electron chi connectivity index (χ2n) is 6.97. The average Bonchev–Trinajstić information content (AvgIpc) is 2.81. The number of para-hydroxylation sites is 1. The Labute approximate surface area is 170 Å². The van der Waals surface area contributed by atoms with Gasteiger partial charge in [-0.15, -0.1) is 0 Å². The predicted octanol–water partition coefficient (Wildman–Crippen LogP) is 7.37. The molecule has 0 bridgehead atoms. The summed E-state index contributed by atoms with van der Waals surface area (Å²) in [5, 5.41) is 2.47. The minimum absolute atomic E-state index is 0.973. The molecule has 5 aromatic rings. The van der Waals surface area contributed by atoms with Crippen molar-refractivity contribution in [1.82, 2.24) is 4.98 Å². The lowest BCUT2D eigenvalue weighted by Crippen LogP contribution is -2.09. The zero-order chi connectivity index (χ0) is 19.5. The third-order valence-electron chi connectivity index (χ3n) is 5.07. The molecule has 1 aromatic heterocycles. The van der Waals surface area contributed by atoms with Crippen LogP contribution in [-0.4, -0.2) is 4.98 Å². The van der Waals surface area contributed by atoms with Crippen molar-refractivity contribution >= 4 is 27.8 Å². The van der Waals surface area contributed by atoms with Gasteiger partial charge < -0.3 is 4.90 Å². The van der Waals surface area contributed by atoms with Gasteiger partial charge in [0, 0.05) is 28.8 Å². The lowest BCUT2D eigenvalue weighted by Gasteiger charge is -2.26. The molecule has 0 atom stereocenters. The Bertz CT molecular complexity index is 1250. The van der Waals surface area contributed by atoms with Crippen LogP contribution in [0.15, 0.2) is 121 Å². The van der Waals surface area contributed by atoms with Crippen molar-refractivity contribution in [1.29, 1.82) is 0 Å². The molecule has 1 heterocycles. The number of fused-ring (bicyclic) bond motifs is 1. The number of hydrogen-bond donors (Lipinski definition) is 0. The Kier molecular flexibility index (Phi) is 4.51. The highest BCUT2D eigenvalue weighted by Gasteiger charge is 2.13. The standard InChI is InChI=1S/C27H20N2/c1-2-12-24(13-3-1)29(26-17-16-21-9-4-5-10-22(21)19-26)25-14-8-11-23(20-25)27-15-6-7-18-28-27/h1-20H. The molecule has 2 nitrogen and oxygen atoms in total. The summed E-state index contributed by atoms with van der Waals surface area (Å²) in [4.78, 5) is 6.81. The Morgan fingerprint density at radius 1 is 0.483 bits per heavy atom. The van der Waals surface area contributed by atoms with Crippen molar-refractivity contribution in [3.8, 4) is 11.3 Å². The highest BCUT2D eigenvalue weighted by molar-refractivity contribution is 5.89. The number of benzene rings is 4. The van der Waals surface area contributed by atoms with E-state index in [-0.39, 0.29) is 0 Å². The van der Waals surface area contributed by atoms with E-state index in [0.717, 1.165) is 28.3 Å². The molecular weight excluding hydrogens is 352 g/mol. The van der Waals surface area contributed by atoms with E-state index in [1.165, 1.54) is 10.8 Å². The van der Waals surface area contributed by atoms with E-state index in [0.29, 0.717) is 0 Å². The Balaban J connectivity index is 1.67. The van der Waals surface area contributed by atoms with Crippen LogP contribution in [0.1, 0.15) is 0 Å². The summed E-state index contributed by atoms with van der Waals surface area (Å²) in [6, 6.07) is 40.1. The van der Waals surface area contributed by atoms with Gasteiger partial charge in [0.15, 0.2) is 0 Å². The molecule has 0 aliphatic heterocycles. The van der Waals surface area contributed by atoms with Crippen LogP contribution in [-0.2, 0) is 0 Å². The maximum atomic E-state index is 4.52. The first-order valence-electron chi connectivity index (χ1n) is 9.74. The zero-order valence-electron chi connectivity index (χ0n) is 15.9. The van der Waals surface area contributed by atoms with E-state index in [1.807, 2.05) is 30.5 Å². The van der Waals surface area contributed by atoms with Crippen molar-refractivity contribution in [3.63, 3.8) is 0 Å². The molecular formula is C27H20N2. The Morgan fingerprint density at radius 3 is 2.03 bits per heavy atom. The van der Waals surface area contributed by atoms with Gasteiger partial charge in [0.25, 0.3) is 0 Å². The normalized spacial score (nSPS) is 10.8. The van der Waals surface area contributed by atoms with Gasteiger partial charge in [-0.3, -0.25) is 4.98 Å². The first-order valence-corrected chi connectivity index (χ1v) is 9.74. The summed E-state index contributed by atoms with van der Waals surface area (Å²) in [6.07, 6.45) is 1.83. The largest absolute Gasteiger partial charge is 0.310 e. The minimum Gasteiger partial charge on any atom is -0.310 e. The molecule has 138 valence electrons. The zero-order valence-corrected chi connectivity index (χ0v) is 15.9. The quantitative estimate of drug-likeness (QED) is 0.327. The number of pyridine rings is 1. The molecule has 4 aromatic carbocycles. The van der Waals surface area contributed by atoms with Crippen molar-refractivity contribution < 1.29 is 0 Å². The molecule has 0 fully saturated rings. The van der Waals surface area contributed by atoms with Crippen LogP contribution in [0, 0.1) is 0 Å². The van der Waals surface area contributed by atoms with E-state index in [2.05, 4.69) is 101 Å². The summed E-state index contributed by atoms with van der Waals surface area (Å²) < 4.78 is 0. The fraction of sp³-hybridized carbons (Fsp3) is 0. The highest BCUT2D eigenvalue weighted by Crippen LogP contribution is 2.37. The maximum Gasteiger partial charge on any atom is 0.0702 e. The van der Waals surface area contributed by atoms with Crippen LogP contribution in [0.4, 0.5) is 17.1 Å². The monoisotopic (exact) mass is 372 g/mol. The lowest BCUT2D eigenvalue weighted by atomic mass is 10.1. The molecule has 0 aliphatic rings. The van der Waals surface area contributed by atoms with E-state index >= 15 is 0 Å². The topological polar surface area (TPSA) is 16.1 Å². The van der Waals surface area contributed by atoms with Crippen molar-refractivity contribution in [2.45, 2.75) is 0 Å². The van der Waals surface area contributed by atoms with Gasteiger partial charge in [0.1, 0.15) is 0 Å².